The van der Waals surface area contributed by atoms with E-state index in [1.165, 1.54) is 0 Å². The van der Waals surface area contributed by atoms with Crippen molar-refractivity contribution < 1.29 is 14.3 Å². The zero-order chi connectivity index (χ0) is 21.5. The number of amides is 3. The minimum absolute atomic E-state index is 0.0557. The Bertz CT molecular complexity index is 965. The maximum absolute atomic E-state index is 12.9. The van der Waals surface area contributed by atoms with Crippen molar-refractivity contribution in [2.75, 3.05) is 32.5 Å². The lowest BCUT2D eigenvalue weighted by Gasteiger charge is -2.32. The van der Waals surface area contributed by atoms with E-state index in [0.717, 1.165) is 42.0 Å². The molecule has 3 heterocycles. The number of H-pyrrole nitrogens is 1. The molecule has 2 aliphatic heterocycles. The summed E-state index contributed by atoms with van der Waals surface area (Å²) < 4.78 is 5.91. The second kappa shape index (κ2) is 7.66. The molecule has 1 atom stereocenters. The van der Waals surface area contributed by atoms with Crippen LogP contribution < -0.4 is 10.1 Å². The number of piperidine rings is 1. The van der Waals surface area contributed by atoms with Crippen LogP contribution in [0, 0.1) is 0 Å². The third-order valence-electron chi connectivity index (χ3n) is 5.74. The van der Waals surface area contributed by atoms with Crippen LogP contribution >= 0.6 is 0 Å². The Morgan fingerprint density at radius 2 is 2.13 bits per heavy atom. The topological polar surface area (TPSA) is 90.6 Å². The van der Waals surface area contributed by atoms with Gasteiger partial charge in [-0.1, -0.05) is 0 Å². The van der Waals surface area contributed by atoms with E-state index in [2.05, 4.69) is 29.4 Å². The lowest BCUT2D eigenvalue weighted by Crippen LogP contribution is -2.42. The number of carbonyl (C=O) groups excluding carboxylic acids is 2. The fourth-order valence-corrected chi connectivity index (χ4v) is 4.31. The molecule has 0 bridgehead atoms. The molecular weight excluding hydrogens is 382 g/mol. The van der Waals surface area contributed by atoms with Gasteiger partial charge in [-0.15, -0.1) is 0 Å². The number of rotatable bonds is 3. The number of hydrogen-bond donors (Lipinski definition) is 2. The number of likely N-dealkylation sites (tertiary alicyclic amines) is 1. The molecule has 0 radical (unpaired) electrons. The van der Waals surface area contributed by atoms with Crippen molar-refractivity contribution in [1.82, 2.24) is 20.0 Å². The minimum atomic E-state index is -0.211. The predicted molar refractivity (Wildman–Crippen MR) is 114 cm³/mol. The molecule has 1 saturated heterocycles. The Hall–Kier alpha value is -3.03. The van der Waals surface area contributed by atoms with Crippen LogP contribution in [0.15, 0.2) is 24.4 Å². The van der Waals surface area contributed by atoms with Crippen molar-refractivity contribution in [1.29, 1.82) is 0 Å². The summed E-state index contributed by atoms with van der Waals surface area (Å²) in [6.45, 7) is 5.35. The minimum Gasteiger partial charge on any atom is -0.487 e. The van der Waals surface area contributed by atoms with Gasteiger partial charge in [-0.2, -0.15) is 5.10 Å². The van der Waals surface area contributed by atoms with Crippen LogP contribution in [0.4, 0.5) is 10.5 Å². The summed E-state index contributed by atoms with van der Waals surface area (Å²) in [6, 6.07) is 5.66. The van der Waals surface area contributed by atoms with Gasteiger partial charge in [0.05, 0.1) is 17.5 Å². The molecule has 1 aromatic carbocycles. The Balaban J connectivity index is 1.44. The van der Waals surface area contributed by atoms with Crippen LogP contribution in [0.2, 0.25) is 0 Å². The fourth-order valence-electron chi connectivity index (χ4n) is 4.31. The maximum Gasteiger partial charge on any atom is 0.321 e. The van der Waals surface area contributed by atoms with Gasteiger partial charge in [0.15, 0.2) is 0 Å². The van der Waals surface area contributed by atoms with E-state index < -0.39 is 0 Å². The van der Waals surface area contributed by atoms with Crippen molar-refractivity contribution in [3.05, 3.63) is 41.2 Å². The molecule has 2 aliphatic rings. The number of hydrogen-bond acceptors (Lipinski definition) is 4. The van der Waals surface area contributed by atoms with Crippen molar-refractivity contribution in [3.8, 4) is 5.75 Å². The molecule has 2 aromatic rings. The molecule has 8 nitrogen and oxygen atoms in total. The van der Waals surface area contributed by atoms with Crippen molar-refractivity contribution in [2.24, 2.45) is 0 Å². The largest absolute Gasteiger partial charge is 0.487 e. The number of ether oxygens (including phenoxy) is 1. The monoisotopic (exact) mass is 411 g/mol. The highest BCUT2D eigenvalue weighted by atomic mass is 16.5. The van der Waals surface area contributed by atoms with E-state index in [1.54, 1.807) is 25.2 Å². The third kappa shape index (κ3) is 3.99. The molecule has 0 unspecified atom stereocenters. The van der Waals surface area contributed by atoms with Crippen molar-refractivity contribution in [2.45, 2.75) is 44.6 Å². The number of carbonyl (C=O) groups is 2. The summed E-state index contributed by atoms with van der Waals surface area (Å²) in [5.41, 5.74) is 3.05. The van der Waals surface area contributed by atoms with Crippen molar-refractivity contribution >= 4 is 17.6 Å². The number of anilines is 1. The van der Waals surface area contributed by atoms with E-state index >= 15 is 0 Å². The smallest absolute Gasteiger partial charge is 0.321 e. The highest BCUT2D eigenvalue weighted by molar-refractivity contribution is 5.95. The van der Waals surface area contributed by atoms with E-state index in [9.17, 15) is 9.59 Å². The molecular formula is C22H29N5O3. The molecule has 1 fully saturated rings. The summed E-state index contributed by atoms with van der Waals surface area (Å²) in [4.78, 5) is 28.7. The molecule has 3 amide bonds. The first-order valence-electron chi connectivity index (χ1n) is 10.4. The molecule has 0 spiro atoms. The van der Waals surface area contributed by atoms with Gasteiger partial charge in [0, 0.05) is 50.8 Å². The van der Waals surface area contributed by atoms with E-state index in [-0.39, 0.29) is 23.5 Å². The van der Waals surface area contributed by atoms with Gasteiger partial charge >= 0.3 is 6.03 Å². The second-order valence-electron chi connectivity index (χ2n) is 8.97. The summed E-state index contributed by atoms with van der Waals surface area (Å²) >= 11 is 0. The molecule has 160 valence electrons. The summed E-state index contributed by atoms with van der Waals surface area (Å²) in [7, 11) is 3.45. The molecule has 0 saturated carbocycles. The third-order valence-corrected chi connectivity index (χ3v) is 5.74. The number of nitrogens with zero attached hydrogens (tertiary/aromatic N) is 3. The Kier molecular flexibility index (Phi) is 5.17. The fraction of sp³-hybridized carbons (Fsp3) is 0.500. The first-order chi connectivity index (χ1) is 14.2. The molecule has 30 heavy (non-hydrogen) atoms. The number of fused-ring (bicyclic) bond motifs is 1. The van der Waals surface area contributed by atoms with Gasteiger partial charge < -0.3 is 19.9 Å². The molecule has 1 aromatic heterocycles. The van der Waals surface area contributed by atoms with Crippen LogP contribution in [-0.4, -0.2) is 64.7 Å². The Morgan fingerprint density at radius 1 is 1.33 bits per heavy atom. The molecule has 2 N–H and O–H groups in total. The van der Waals surface area contributed by atoms with Crippen LogP contribution in [0.3, 0.4) is 0 Å². The van der Waals surface area contributed by atoms with Gasteiger partial charge in [-0.3, -0.25) is 9.89 Å². The van der Waals surface area contributed by atoms with Gasteiger partial charge in [0.25, 0.3) is 5.91 Å². The molecule has 8 heteroatoms. The zero-order valence-corrected chi connectivity index (χ0v) is 18.0. The summed E-state index contributed by atoms with van der Waals surface area (Å²) in [5, 5.41) is 10.1. The average molecular weight is 412 g/mol. The van der Waals surface area contributed by atoms with Gasteiger partial charge in [-0.25, -0.2) is 4.79 Å². The van der Waals surface area contributed by atoms with E-state index in [1.807, 2.05) is 23.1 Å². The van der Waals surface area contributed by atoms with E-state index in [0.29, 0.717) is 18.7 Å². The summed E-state index contributed by atoms with van der Waals surface area (Å²) in [6.07, 6.45) is 4.18. The van der Waals surface area contributed by atoms with Crippen LogP contribution in [0.25, 0.3) is 0 Å². The van der Waals surface area contributed by atoms with Gasteiger partial charge in [0.1, 0.15) is 11.4 Å². The lowest BCUT2D eigenvalue weighted by atomic mass is 9.92. The number of nitrogens with one attached hydrogen (secondary N) is 2. The standard InChI is InChI=1S/C22H29N5O3/c1-22(2)11-15-10-16(7-8-18(15)30-22)24-21(29)27-9-5-6-14(13-27)19-17(12-23-25-19)20(28)26(3)4/h7-8,10,12,14H,5-6,9,11,13H2,1-4H3,(H,23,25)(H,24,29)/t14-/m1/s1. The number of aromatic nitrogens is 2. The highest BCUT2D eigenvalue weighted by Crippen LogP contribution is 2.36. The molecule has 0 aliphatic carbocycles. The molecule has 4 rings (SSSR count). The number of benzene rings is 1. The average Bonchev–Trinajstić information content (AvgIpc) is 3.30. The Labute approximate surface area is 176 Å². The number of urea groups is 1. The van der Waals surface area contributed by atoms with Crippen LogP contribution in [-0.2, 0) is 6.42 Å². The first-order valence-corrected chi connectivity index (χ1v) is 10.4. The maximum atomic E-state index is 12.9. The predicted octanol–water partition coefficient (Wildman–Crippen LogP) is 3.24. The number of aromatic amines is 1. The highest BCUT2D eigenvalue weighted by Gasteiger charge is 2.31. The van der Waals surface area contributed by atoms with Gasteiger partial charge in [0.2, 0.25) is 0 Å². The quantitative estimate of drug-likeness (QED) is 0.811. The SMILES string of the molecule is CN(C)C(=O)c1cn[nH]c1[C@@H]1CCCN(C(=O)Nc2ccc3c(c2)CC(C)(C)O3)C1. The normalized spacial score (nSPS) is 19.7. The Morgan fingerprint density at radius 3 is 2.90 bits per heavy atom. The lowest BCUT2D eigenvalue weighted by molar-refractivity contribution is 0.0825. The van der Waals surface area contributed by atoms with Gasteiger partial charge in [-0.05, 0) is 44.9 Å². The second-order valence-corrected chi connectivity index (χ2v) is 8.97. The first kappa shape index (κ1) is 20.3. The summed E-state index contributed by atoms with van der Waals surface area (Å²) in [5.74, 6) is 0.858. The van der Waals surface area contributed by atoms with Crippen LogP contribution in [0.1, 0.15) is 54.2 Å². The van der Waals surface area contributed by atoms with E-state index in [4.69, 9.17) is 4.74 Å². The van der Waals surface area contributed by atoms with Crippen LogP contribution in [0.5, 0.6) is 5.75 Å². The zero-order valence-electron chi connectivity index (χ0n) is 18.0. The van der Waals surface area contributed by atoms with Crippen molar-refractivity contribution in [3.63, 3.8) is 0 Å².